The van der Waals surface area contributed by atoms with Crippen LogP contribution in [0.4, 0.5) is 10.5 Å². The Morgan fingerprint density at radius 1 is 1.12 bits per heavy atom. The van der Waals surface area contributed by atoms with Crippen LogP contribution in [0.1, 0.15) is 5.56 Å². The molecule has 7 heteroatoms. The summed E-state index contributed by atoms with van der Waals surface area (Å²) in [5.74, 6) is -0.279. The molecule has 0 spiro atoms. The highest BCUT2D eigenvalue weighted by molar-refractivity contribution is 14.1. The van der Waals surface area contributed by atoms with E-state index >= 15 is 0 Å². The quantitative estimate of drug-likeness (QED) is 0.452. The molecule has 2 amide bonds. The Kier molecular flexibility index (Phi) is 5.62. The number of hydrogen-bond donors (Lipinski definition) is 1. The van der Waals surface area contributed by atoms with Gasteiger partial charge in [0.25, 0.3) is 11.1 Å². The molecule has 1 aliphatic heterocycles. The third-order valence-electron chi connectivity index (χ3n) is 3.35. The van der Waals surface area contributed by atoms with Crippen molar-refractivity contribution in [2.24, 2.45) is 0 Å². The monoisotopic (exact) mass is 514 g/mol. The summed E-state index contributed by atoms with van der Waals surface area (Å²) in [6, 6.07) is 15.3. The number of halogens is 2. The molecular weight excluding hydrogens is 503 g/mol. The summed E-state index contributed by atoms with van der Waals surface area (Å²) in [5, 5.41) is 2.83. The first-order valence-electron chi connectivity index (χ1n) is 7.04. The van der Waals surface area contributed by atoms with Crippen molar-refractivity contribution in [3.8, 4) is 0 Å². The van der Waals surface area contributed by atoms with Crippen LogP contribution in [0.5, 0.6) is 0 Å². The molecule has 0 atom stereocenters. The lowest BCUT2D eigenvalue weighted by Gasteiger charge is -2.14. The van der Waals surface area contributed by atoms with Gasteiger partial charge < -0.3 is 5.32 Å². The van der Waals surface area contributed by atoms with E-state index in [2.05, 4.69) is 43.8 Å². The lowest BCUT2D eigenvalue weighted by Crippen LogP contribution is -2.33. The molecule has 0 radical (unpaired) electrons. The minimum atomic E-state index is -0.279. The summed E-state index contributed by atoms with van der Waals surface area (Å²) in [6.07, 6.45) is 1.74. The van der Waals surface area contributed by atoms with Crippen molar-refractivity contribution in [1.82, 2.24) is 4.90 Å². The van der Waals surface area contributed by atoms with E-state index in [0.717, 1.165) is 31.1 Å². The number of hydrogen-bond acceptors (Lipinski definition) is 4. The van der Waals surface area contributed by atoms with Crippen molar-refractivity contribution in [3.05, 3.63) is 67.0 Å². The second-order valence-electron chi connectivity index (χ2n) is 4.97. The Labute approximate surface area is 166 Å². The van der Waals surface area contributed by atoms with Gasteiger partial charge in [-0.1, -0.05) is 34.1 Å². The Morgan fingerprint density at radius 3 is 2.54 bits per heavy atom. The van der Waals surface area contributed by atoms with E-state index in [-0.39, 0.29) is 17.8 Å². The summed E-state index contributed by atoms with van der Waals surface area (Å²) in [7, 11) is 0. The van der Waals surface area contributed by atoms with Crippen molar-refractivity contribution in [2.45, 2.75) is 0 Å². The van der Waals surface area contributed by atoms with E-state index < -0.39 is 0 Å². The van der Waals surface area contributed by atoms with Gasteiger partial charge in [0.1, 0.15) is 0 Å². The van der Waals surface area contributed by atoms with Gasteiger partial charge in [-0.3, -0.25) is 14.5 Å². The minimum absolute atomic E-state index is 0.151. The lowest BCUT2D eigenvalue weighted by atomic mass is 10.2. The Balaban J connectivity index is 1.72. The number of benzene rings is 2. The topological polar surface area (TPSA) is 49.4 Å². The van der Waals surface area contributed by atoms with Gasteiger partial charge in [0.2, 0.25) is 0 Å². The minimum Gasteiger partial charge on any atom is -0.367 e. The van der Waals surface area contributed by atoms with Gasteiger partial charge in [-0.25, -0.2) is 0 Å². The molecule has 2 aromatic carbocycles. The maximum absolute atomic E-state index is 12.5. The van der Waals surface area contributed by atoms with E-state index in [1.165, 1.54) is 4.90 Å². The van der Waals surface area contributed by atoms with Gasteiger partial charge in [0, 0.05) is 13.7 Å². The molecule has 122 valence electrons. The molecule has 1 N–H and O–H groups in total. The average Bonchev–Trinajstić information content (AvgIpc) is 2.83. The maximum Gasteiger partial charge on any atom is 0.295 e. The van der Waals surface area contributed by atoms with Gasteiger partial charge >= 0.3 is 0 Å². The van der Waals surface area contributed by atoms with E-state index in [1.54, 1.807) is 6.08 Å². The van der Waals surface area contributed by atoms with E-state index in [1.807, 2.05) is 48.5 Å². The van der Waals surface area contributed by atoms with Crippen LogP contribution in [-0.4, -0.2) is 22.7 Å². The van der Waals surface area contributed by atoms with Gasteiger partial charge in [-0.05, 0) is 76.3 Å². The standard InChI is InChI=1S/C17H12BrIN2O2S/c18-14-4-2-1-3-11(14)9-15-16(22)21(17(23)24-15)10-20-13-7-5-12(19)6-8-13/h1-9,20H,10H2/b15-9+. The molecule has 3 rings (SSSR count). The largest absolute Gasteiger partial charge is 0.367 e. The highest BCUT2D eigenvalue weighted by Gasteiger charge is 2.34. The summed E-state index contributed by atoms with van der Waals surface area (Å²) < 4.78 is 2.01. The molecule has 0 bridgehead atoms. The van der Waals surface area contributed by atoms with Crippen LogP contribution in [0.3, 0.4) is 0 Å². The summed E-state index contributed by atoms with van der Waals surface area (Å²) in [4.78, 5) is 26.2. The van der Waals surface area contributed by atoms with Crippen LogP contribution in [0.25, 0.3) is 6.08 Å². The van der Waals surface area contributed by atoms with E-state index in [4.69, 9.17) is 0 Å². The molecular formula is C17H12BrIN2O2S. The zero-order valence-electron chi connectivity index (χ0n) is 12.3. The third kappa shape index (κ3) is 4.01. The van der Waals surface area contributed by atoms with E-state index in [0.29, 0.717) is 4.91 Å². The molecule has 0 saturated carbocycles. The number of nitrogens with zero attached hydrogens (tertiary/aromatic N) is 1. The highest BCUT2D eigenvalue weighted by atomic mass is 127. The molecule has 1 saturated heterocycles. The molecule has 0 aliphatic carbocycles. The smallest absolute Gasteiger partial charge is 0.295 e. The zero-order valence-corrected chi connectivity index (χ0v) is 16.9. The second kappa shape index (κ2) is 7.71. The van der Waals surface area contributed by atoms with Crippen LogP contribution in [0, 0.1) is 3.57 Å². The van der Waals surface area contributed by atoms with Crippen LogP contribution in [0.2, 0.25) is 0 Å². The molecule has 24 heavy (non-hydrogen) atoms. The van der Waals surface area contributed by atoms with Crippen molar-refractivity contribution >= 4 is 73.2 Å². The molecule has 1 aliphatic rings. The first kappa shape index (κ1) is 17.5. The lowest BCUT2D eigenvalue weighted by molar-refractivity contribution is -0.122. The van der Waals surface area contributed by atoms with Crippen LogP contribution < -0.4 is 5.32 Å². The first-order valence-corrected chi connectivity index (χ1v) is 9.73. The maximum atomic E-state index is 12.5. The highest BCUT2D eigenvalue weighted by Crippen LogP contribution is 2.33. The number of rotatable bonds is 4. The number of nitrogens with one attached hydrogen (secondary N) is 1. The van der Waals surface area contributed by atoms with Gasteiger partial charge in [0.15, 0.2) is 0 Å². The first-order chi connectivity index (χ1) is 11.5. The molecule has 0 aromatic heterocycles. The molecule has 2 aromatic rings. The Morgan fingerprint density at radius 2 is 1.83 bits per heavy atom. The van der Waals surface area contributed by atoms with Crippen LogP contribution >= 0.6 is 50.3 Å². The number of carbonyl (C=O) groups is 2. The number of carbonyl (C=O) groups excluding carboxylic acids is 2. The van der Waals surface area contributed by atoms with E-state index in [9.17, 15) is 9.59 Å². The molecule has 1 heterocycles. The number of amides is 2. The van der Waals surface area contributed by atoms with Crippen LogP contribution in [-0.2, 0) is 4.79 Å². The molecule has 4 nitrogen and oxygen atoms in total. The molecule has 0 unspecified atom stereocenters. The Hall–Kier alpha value is -1.32. The van der Waals surface area contributed by atoms with Crippen molar-refractivity contribution in [1.29, 1.82) is 0 Å². The number of thioether (sulfide) groups is 1. The summed E-state index contributed by atoms with van der Waals surface area (Å²) in [6.45, 7) is 0.151. The third-order valence-corrected chi connectivity index (χ3v) is 5.70. The zero-order chi connectivity index (χ0) is 17.1. The Bertz CT molecular complexity index is 824. The average molecular weight is 515 g/mol. The SMILES string of the molecule is O=C1S/C(=C/c2ccccc2Br)C(=O)N1CNc1ccc(I)cc1. The van der Waals surface area contributed by atoms with Crippen molar-refractivity contribution < 1.29 is 9.59 Å². The fraction of sp³-hybridized carbons (Fsp3) is 0.0588. The summed E-state index contributed by atoms with van der Waals surface area (Å²) in [5.41, 5.74) is 1.73. The molecule has 1 fully saturated rings. The number of imide groups is 1. The van der Waals surface area contributed by atoms with Crippen LogP contribution in [0.15, 0.2) is 57.9 Å². The van der Waals surface area contributed by atoms with Gasteiger partial charge in [0.05, 0.1) is 11.6 Å². The number of anilines is 1. The summed E-state index contributed by atoms with van der Waals surface area (Å²) >= 11 is 6.63. The fourth-order valence-corrected chi connectivity index (χ4v) is 3.70. The normalized spacial score (nSPS) is 16.1. The van der Waals surface area contributed by atoms with Crippen molar-refractivity contribution in [3.63, 3.8) is 0 Å². The van der Waals surface area contributed by atoms with Gasteiger partial charge in [-0.2, -0.15) is 0 Å². The van der Waals surface area contributed by atoms with Gasteiger partial charge in [-0.15, -0.1) is 0 Å². The fourth-order valence-electron chi connectivity index (χ4n) is 2.11. The predicted molar refractivity (Wildman–Crippen MR) is 110 cm³/mol. The predicted octanol–water partition coefficient (Wildman–Crippen LogP) is 5.16. The van der Waals surface area contributed by atoms with Crippen molar-refractivity contribution in [2.75, 3.05) is 12.0 Å². The second-order valence-corrected chi connectivity index (χ2v) is 8.07.